The van der Waals surface area contributed by atoms with Crippen LogP contribution in [0.3, 0.4) is 0 Å². The van der Waals surface area contributed by atoms with E-state index in [1.54, 1.807) is 0 Å². The van der Waals surface area contributed by atoms with Gasteiger partial charge in [-0.2, -0.15) is 0 Å². The molecule has 11 heavy (non-hydrogen) atoms. The predicted octanol–water partition coefficient (Wildman–Crippen LogP) is 0.641. The van der Waals surface area contributed by atoms with E-state index in [-0.39, 0.29) is 0 Å². The summed E-state index contributed by atoms with van der Waals surface area (Å²) in [7, 11) is 1.53. The van der Waals surface area contributed by atoms with Gasteiger partial charge in [-0.1, -0.05) is 6.92 Å². The highest BCUT2D eigenvalue weighted by Gasteiger charge is 2.21. The third kappa shape index (κ3) is 2.43. The number of hydrogen-bond acceptors (Lipinski definition) is 3. The van der Waals surface area contributed by atoms with Crippen molar-refractivity contribution in [2.75, 3.05) is 20.2 Å². The number of aliphatic hydroxyl groups excluding tert-OH is 1. The molecule has 0 radical (unpaired) electrons. The molecule has 0 aromatic heterocycles. The maximum Gasteiger partial charge on any atom is 0.215 e. The summed E-state index contributed by atoms with van der Waals surface area (Å²) in [5, 5.41) is 9.30. The average Bonchev–Trinajstić information content (AvgIpc) is 2.03. The standard InChI is InChI=1S/C8H17NO2/c1-7-4-3-5-9(6-7)8(10)11-2/h7-8,10H,3-6H2,1-2H3. The van der Waals surface area contributed by atoms with Gasteiger partial charge in [0, 0.05) is 20.2 Å². The van der Waals surface area contributed by atoms with Gasteiger partial charge in [0.05, 0.1) is 0 Å². The van der Waals surface area contributed by atoms with Crippen LogP contribution >= 0.6 is 0 Å². The van der Waals surface area contributed by atoms with Crippen LogP contribution in [-0.4, -0.2) is 36.6 Å². The first-order valence-corrected chi connectivity index (χ1v) is 4.19. The molecule has 3 heteroatoms. The van der Waals surface area contributed by atoms with Crippen molar-refractivity contribution in [1.29, 1.82) is 0 Å². The highest BCUT2D eigenvalue weighted by molar-refractivity contribution is 4.68. The maximum absolute atomic E-state index is 9.30. The topological polar surface area (TPSA) is 32.7 Å². The quantitative estimate of drug-likeness (QED) is 0.600. The molecule has 0 saturated carbocycles. The highest BCUT2D eigenvalue weighted by atomic mass is 16.6. The van der Waals surface area contributed by atoms with Crippen LogP contribution in [0.5, 0.6) is 0 Å². The van der Waals surface area contributed by atoms with Crippen LogP contribution in [0.1, 0.15) is 19.8 Å². The van der Waals surface area contributed by atoms with Crippen molar-refractivity contribution in [1.82, 2.24) is 4.90 Å². The van der Waals surface area contributed by atoms with Gasteiger partial charge in [-0.3, -0.25) is 4.90 Å². The van der Waals surface area contributed by atoms with E-state index < -0.39 is 6.41 Å². The number of piperidine rings is 1. The van der Waals surface area contributed by atoms with E-state index in [2.05, 4.69) is 6.92 Å². The number of aliphatic hydroxyl groups is 1. The first-order valence-electron chi connectivity index (χ1n) is 4.19. The lowest BCUT2D eigenvalue weighted by atomic mass is 10.0. The van der Waals surface area contributed by atoms with Gasteiger partial charge in [0.2, 0.25) is 6.41 Å². The summed E-state index contributed by atoms with van der Waals surface area (Å²) in [6.07, 6.45) is 1.74. The van der Waals surface area contributed by atoms with Crippen LogP contribution in [0.15, 0.2) is 0 Å². The van der Waals surface area contributed by atoms with Gasteiger partial charge in [-0.05, 0) is 18.8 Å². The number of hydrogen-bond donors (Lipinski definition) is 1. The second-order valence-electron chi connectivity index (χ2n) is 3.30. The van der Waals surface area contributed by atoms with Crippen molar-refractivity contribution in [3.05, 3.63) is 0 Å². The molecule has 1 aliphatic heterocycles. The van der Waals surface area contributed by atoms with Crippen molar-refractivity contribution in [2.45, 2.75) is 26.2 Å². The number of rotatable bonds is 2. The third-order valence-electron chi connectivity index (χ3n) is 2.21. The van der Waals surface area contributed by atoms with Crippen molar-refractivity contribution in [2.24, 2.45) is 5.92 Å². The SMILES string of the molecule is COC(O)N1CCCC(C)C1. The predicted molar refractivity (Wildman–Crippen MR) is 43.0 cm³/mol. The zero-order chi connectivity index (χ0) is 8.27. The smallest absolute Gasteiger partial charge is 0.215 e. The normalized spacial score (nSPS) is 30.3. The molecule has 1 N–H and O–H groups in total. The first-order chi connectivity index (χ1) is 5.24. The molecule has 0 aliphatic carbocycles. The summed E-state index contributed by atoms with van der Waals surface area (Å²) >= 11 is 0. The molecule has 1 saturated heterocycles. The molecule has 0 aromatic carbocycles. The zero-order valence-electron chi connectivity index (χ0n) is 7.29. The summed E-state index contributed by atoms with van der Waals surface area (Å²) in [5.41, 5.74) is 0. The molecule has 1 fully saturated rings. The molecule has 0 amide bonds. The fourth-order valence-corrected chi connectivity index (χ4v) is 1.58. The summed E-state index contributed by atoms with van der Waals surface area (Å²) in [6.45, 7) is 4.11. The molecule has 1 rings (SSSR count). The number of likely N-dealkylation sites (tertiary alicyclic amines) is 1. The van der Waals surface area contributed by atoms with Crippen molar-refractivity contribution in [3.63, 3.8) is 0 Å². The molecule has 1 heterocycles. The summed E-state index contributed by atoms with van der Waals surface area (Å²) < 4.78 is 4.82. The van der Waals surface area contributed by atoms with Gasteiger partial charge in [0.15, 0.2) is 0 Å². The van der Waals surface area contributed by atoms with Gasteiger partial charge < -0.3 is 9.84 Å². The second-order valence-corrected chi connectivity index (χ2v) is 3.30. The van der Waals surface area contributed by atoms with Gasteiger partial charge in [0.25, 0.3) is 0 Å². The molecule has 2 atom stereocenters. The summed E-state index contributed by atoms with van der Waals surface area (Å²) in [4.78, 5) is 1.97. The van der Waals surface area contributed by atoms with Gasteiger partial charge >= 0.3 is 0 Å². The van der Waals surface area contributed by atoms with E-state index in [1.807, 2.05) is 4.90 Å². The molecule has 2 unspecified atom stereocenters. The molecular weight excluding hydrogens is 142 g/mol. The van der Waals surface area contributed by atoms with Gasteiger partial charge in [-0.25, -0.2) is 0 Å². The average molecular weight is 159 g/mol. The minimum absolute atomic E-state index is 0.688. The Balaban J connectivity index is 2.33. The van der Waals surface area contributed by atoms with E-state index in [1.165, 1.54) is 20.0 Å². The minimum atomic E-state index is -0.697. The van der Waals surface area contributed by atoms with Crippen molar-refractivity contribution < 1.29 is 9.84 Å². The van der Waals surface area contributed by atoms with Crippen molar-refractivity contribution >= 4 is 0 Å². The van der Waals surface area contributed by atoms with E-state index in [0.29, 0.717) is 5.92 Å². The molecule has 0 bridgehead atoms. The summed E-state index contributed by atoms with van der Waals surface area (Å²) in [5.74, 6) is 0.688. The largest absolute Gasteiger partial charge is 0.356 e. The van der Waals surface area contributed by atoms with Crippen LogP contribution in [0.4, 0.5) is 0 Å². The van der Waals surface area contributed by atoms with E-state index in [4.69, 9.17) is 4.74 Å². The molecule has 66 valence electrons. The number of ether oxygens (including phenoxy) is 1. The van der Waals surface area contributed by atoms with Crippen LogP contribution in [0, 0.1) is 5.92 Å². The first kappa shape index (κ1) is 8.97. The zero-order valence-corrected chi connectivity index (χ0v) is 7.29. The van der Waals surface area contributed by atoms with Gasteiger partial charge in [-0.15, -0.1) is 0 Å². The van der Waals surface area contributed by atoms with E-state index in [9.17, 15) is 5.11 Å². The Kier molecular flexibility index (Phi) is 3.30. The monoisotopic (exact) mass is 159 g/mol. The van der Waals surface area contributed by atoms with Gasteiger partial charge in [0.1, 0.15) is 0 Å². The van der Waals surface area contributed by atoms with Crippen LogP contribution < -0.4 is 0 Å². The fourth-order valence-electron chi connectivity index (χ4n) is 1.58. The van der Waals surface area contributed by atoms with E-state index in [0.717, 1.165) is 13.1 Å². The Morgan fingerprint density at radius 2 is 2.36 bits per heavy atom. The molecule has 3 nitrogen and oxygen atoms in total. The Hall–Kier alpha value is -0.120. The Labute approximate surface area is 68.0 Å². The Bertz CT molecular complexity index is 119. The third-order valence-corrected chi connectivity index (χ3v) is 2.21. The number of nitrogens with zero attached hydrogens (tertiary/aromatic N) is 1. The van der Waals surface area contributed by atoms with Crippen LogP contribution in [0.25, 0.3) is 0 Å². The Morgan fingerprint density at radius 3 is 2.91 bits per heavy atom. The molecule has 0 aromatic rings. The molecule has 1 aliphatic rings. The fraction of sp³-hybridized carbons (Fsp3) is 1.00. The lowest BCUT2D eigenvalue weighted by Crippen LogP contribution is -2.42. The van der Waals surface area contributed by atoms with Crippen molar-refractivity contribution in [3.8, 4) is 0 Å². The Morgan fingerprint density at radius 1 is 1.64 bits per heavy atom. The molecule has 0 spiro atoms. The van der Waals surface area contributed by atoms with Crippen LogP contribution in [0.2, 0.25) is 0 Å². The maximum atomic E-state index is 9.30. The second kappa shape index (κ2) is 4.04. The summed E-state index contributed by atoms with van der Waals surface area (Å²) in [6, 6.07) is 0. The lowest BCUT2D eigenvalue weighted by Gasteiger charge is -2.33. The lowest BCUT2D eigenvalue weighted by molar-refractivity contribution is -0.185. The highest BCUT2D eigenvalue weighted by Crippen LogP contribution is 2.16. The van der Waals surface area contributed by atoms with E-state index >= 15 is 0 Å². The van der Waals surface area contributed by atoms with Crippen LogP contribution in [-0.2, 0) is 4.74 Å². The number of methoxy groups -OCH3 is 1. The molecular formula is C8H17NO2. The minimum Gasteiger partial charge on any atom is -0.356 e.